The fourth-order valence-electron chi connectivity index (χ4n) is 11.6. The minimum atomic E-state index is -4.95. The average Bonchev–Trinajstić information content (AvgIpc) is 1.69. The lowest BCUT2D eigenvalue weighted by atomic mass is 9.99. The number of rotatable bonds is 75. The highest BCUT2D eigenvalue weighted by atomic mass is 31.2. The first-order valence-corrected chi connectivity index (χ1v) is 42.5. The zero-order valence-corrected chi connectivity index (χ0v) is 63.8. The molecule has 0 aliphatic heterocycles. The summed E-state index contributed by atoms with van der Waals surface area (Å²) in [6.45, 7) is 9.47. The molecule has 0 aliphatic carbocycles. The summed E-state index contributed by atoms with van der Waals surface area (Å²) < 4.78 is 68.2. The first kappa shape index (κ1) is 93.1. The molecule has 17 nitrogen and oxygen atoms in total. The summed E-state index contributed by atoms with van der Waals surface area (Å²) >= 11 is 0. The van der Waals surface area contributed by atoms with E-state index in [0.717, 1.165) is 102 Å². The maximum Gasteiger partial charge on any atom is 0.472 e. The second-order valence-electron chi connectivity index (χ2n) is 28.1. The van der Waals surface area contributed by atoms with Gasteiger partial charge in [-0.1, -0.05) is 343 Å². The number of esters is 4. The Morgan fingerprint density at radius 3 is 0.800 bits per heavy atom. The second kappa shape index (κ2) is 67.9. The summed E-state index contributed by atoms with van der Waals surface area (Å²) in [5.41, 5.74) is 0. The van der Waals surface area contributed by atoms with Crippen LogP contribution in [-0.4, -0.2) is 96.7 Å². The lowest BCUT2D eigenvalue weighted by Crippen LogP contribution is -2.30. The van der Waals surface area contributed by atoms with Crippen molar-refractivity contribution in [2.24, 2.45) is 11.8 Å². The molecule has 0 aromatic rings. The van der Waals surface area contributed by atoms with Crippen LogP contribution >= 0.6 is 15.6 Å². The van der Waals surface area contributed by atoms with Gasteiger partial charge in [-0.25, -0.2) is 9.13 Å². The van der Waals surface area contributed by atoms with Crippen molar-refractivity contribution in [1.82, 2.24) is 0 Å². The molecule has 0 saturated heterocycles. The van der Waals surface area contributed by atoms with Crippen molar-refractivity contribution < 1.29 is 80.2 Å². The van der Waals surface area contributed by atoms with Crippen molar-refractivity contribution >= 4 is 39.5 Å². The van der Waals surface area contributed by atoms with Crippen molar-refractivity contribution in [1.29, 1.82) is 0 Å². The Morgan fingerprint density at radius 2 is 0.537 bits per heavy atom. The normalized spacial score (nSPS) is 14.3. The summed E-state index contributed by atoms with van der Waals surface area (Å²) in [7, 11) is -9.90. The third-order valence-electron chi connectivity index (χ3n) is 18.1. The number of phosphoric ester groups is 2. The molecule has 0 rings (SSSR count). The molecule has 3 unspecified atom stereocenters. The van der Waals surface area contributed by atoms with E-state index < -0.39 is 97.5 Å². The van der Waals surface area contributed by atoms with Gasteiger partial charge in [-0.05, 0) is 37.5 Å². The minimum absolute atomic E-state index is 0.101. The number of aliphatic hydroxyl groups excluding tert-OH is 1. The highest BCUT2D eigenvalue weighted by Gasteiger charge is 2.30. The monoisotopic (exact) mass is 1400 g/mol. The standard InChI is InChI=1S/C76H148O17P2/c1-7-10-12-14-15-16-17-18-19-20-21-25-28-31-34-37-40-47-53-59-74(79)87-65-72(92-75(80)60-54-48-41-38-35-32-29-26-23-22-24-27-30-33-36-39-46-51-57-69(6)9-3)67-91-95(84,85)89-63-70(77)62-88-94(82,83)90-66-71(64-86-73(78)58-52-44-13-11-8-2)93-76(81)61-55-49-43-42-45-50-56-68(4)5/h68-72,77H,7-67H2,1-6H3,(H,82,83)(H,84,85)/t69?,70-,71+,72+/m0/s1. The molecular weight excluding hydrogens is 1250 g/mol. The van der Waals surface area contributed by atoms with Gasteiger partial charge in [-0.3, -0.25) is 37.3 Å². The molecule has 0 amide bonds. The van der Waals surface area contributed by atoms with Crippen LogP contribution < -0.4 is 0 Å². The molecule has 0 heterocycles. The van der Waals surface area contributed by atoms with Gasteiger partial charge in [0, 0.05) is 25.7 Å². The Kier molecular flexibility index (Phi) is 66.5. The molecule has 19 heteroatoms. The second-order valence-corrected chi connectivity index (χ2v) is 31.0. The molecule has 0 fully saturated rings. The van der Waals surface area contributed by atoms with Crippen molar-refractivity contribution in [2.75, 3.05) is 39.6 Å². The molecule has 0 aliphatic rings. The summed E-state index contributed by atoms with van der Waals surface area (Å²) in [5.74, 6) is -0.593. The van der Waals surface area contributed by atoms with Gasteiger partial charge in [0.1, 0.15) is 19.3 Å². The van der Waals surface area contributed by atoms with Crippen LogP contribution in [0.4, 0.5) is 0 Å². The van der Waals surface area contributed by atoms with Crippen LogP contribution in [0.3, 0.4) is 0 Å². The molecule has 0 radical (unpaired) electrons. The molecule has 0 aromatic carbocycles. The van der Waals surface area contributed by atoms with E-state index in [2.05, 4.69) is 41.5 Å². The number of hydrogen-bond donors (Lipinski definition) is 3. The zero-order valence-electron chi connectivity index (χ0n) is 62.0. The number of carbonyl (C=O) groups excluding carboxylic acids is 4. The zero-order chi connectivity index (χ0) is 70.0. The van der Waals surface area contributed by atoms with Gasteiger partial charge in [0.15, 0.2) is 12.2 Å². The molecule has 564 valence electrons. The van der Waals surface area contributed by atoms with Gasteiger partial charge in [0.25, 0.3) is 0 Å². The fraction of sp³-hybridized carbons (Fsp3) is 0.947. The van der Waals surface area contributed by atoms with Gasteiger partial charge in [0.05, 0.1) is 26.4 Å². The number of hydrogen-bond acceptors (Lipinski definition) is 15. The summed E-state index contributed by atoms with van der Waals surface area (Å²) in [6, 6.07) is 0. The first-order valence-electron chi connectivity index (χ1n) is 39.5. The van der Waals surface area contributed by atoms with Gasteiger partial charge < -0.3 is 33.8 Å². The minimum Gasteiger partial charge on any atom is -0.462 e. The number of ether oxygens (including phenoxy) is 4. The van der Waals surface area contributed by atoms with Crippen LogP contribution in [0.25, 0.3) is 0 Å². The quantitative estimate of drug-likeness (QED) is 0.0222. The van der Waals surface area contributed by atoms with E-state index in [9.17, 15) is 43.2 Å². The van der Waals surface area contributed by atoms with E-state index in [1.165, 1.54) is 205 Å². The van der Waals surface area contributed by atoms with Crippen LogP contribution in [0.15, 0.2) is 0 Å². The van der Waals surface area contributed by atoms with Crippen LogP contribution in [0, 0.1) is 11.8 Å². The highest BCUT2D eigenvalue weighted by Crippen LogP contribution is 2.45. The van der Waals surface area contributed by atoms with Crippen LogP contribution in [0.2, 0.25) is 0 Å². The smallest absolute Gasteiger partial charge is 0.462 e. The molecule has 0 bridgehead atoms. The molecule has 6 atom stereocenters. The van der Waals surface area contributed by atoms with Crippen LogP contribution in [0.1, 0.15) is 395 Å². The third kappa shape index (κ3) is 69.0. The number of carbonyl (C=O) groups is 4. The molecular formula is C76H148O17P2. The van der Waals surface area contributed by atoms with Crippen LogP contribution in [-0.2, 0) is 65.4 Å². The number of aliphatic hydroxyl groups is 1. The van der Waals surface area contributed by atoms with Gasteiger partial charge in [-0.2, -0.15) is 0 Å². The third-order valence-corrected chi connectivity index (χ3v) is 20.0. The van der Waals surface area contributed by atoms with Gasteiger partial charge in [-0.15, -0.1) is 0 Å². The molecule has 0 saturated carbocycles. The van der Waals surface area contributed by atoms with E-state index in [1.807, 2.05) is 0 Å². The topological polar surface area (TPSA) is 237 Å². The maximum atomic E-state index is 13.1. The Balaban J connectivity index is 5.09. The molecule has 0 aromatic heterocycles. The predicted molar refractivity (Wildman–Crippen MR) is 386 cm³/mol. The van der Waals surface area contributed by atoms with E-state index in [1.54, 1.807) is 0 Å². The Morgan fingerprint density at radius 1 is 0.305 bits per heavy atom. The summed E-state index contributed by atoms with van der Waals surface area (Å²) in [5, 5.41) is 10.6. The van der Waals surface area contributed by atoms with Crippen molar-refractivity contribution in [2.45, 2.75) is 413 Å². The molecule has 3 N–H and O–H groups in total. The van der Waals surface area contributed by atoms with E-state index in [4.69, 9.17) is 37.0 Å². The van der Waals surface area contributed by atoms with Crippen LogP contribution in [0.5, 0.6) is 0 Å². The van der Waals surface area contributed by atoms with Crippen molar-refractivity contribution in [3.8, 4) is 0 Å². The van der Waals surface area contributed by atoms with E-state index in [0.29, 0.717) is 31.6 Å². The fourth-order valence-corrected chi connectivity index (χ4v) is 13.2. The average molecular weight is 1400 g/mol. The predicted octanol–water partition coefficient (Wildman–Crippen LogP) is 22.3. The van der Waals surface area contributed by atoms with Crippen molar-refractivity contribution in [3.05, 3.63) is 0 Å². The SMILES string of the molecule is CCCCCCCCCCCCCCCCCCCCCC(=O)OC[C@H](COP(=O)(O)OC[C@@H](O)COP(=O)(O)OC[C@@H](COC(=O)CCCCCCC)OC(=O)CCCCCCCCC(C)C)OC(=O)CCCCCCCCCCCCCCCCCCCCC(C)CC. The summed E-state index contributed by atoms with van der Waals surface area (Å²) in [4.78, 5) is 72.4. The largest absolute Gasteiger partial charge is 0.472 e. The lowest BCUT2D eigenvalue weighted by molar-refractivity contribution is -0.161. The number of unbranched alkanes of at least 4 members (excludes halogenated alkanes) is 44. The van der Waals surface area contributed by atoms with E-state index in [-0.39, 0.29) is 25.7 Å². The van der Waals surface area contributed by atoms with Gasteiger partial charge >= 0.3 is 39.5 Å². The molecule has 0 spiro atoms. The Labute approximate surface area is 581 Å². The van der Waals surface area contributed by atoms with Gasteiger partial charge in [0.2, 0.25) is 0 Å². The highest BCUT2D eigenvalue weighted by molar-refractivity contribution is 7.47. The molecule has 95 heavy (non-hydrogen) atoms. The summed E-state index contributed by atoms with van der Waals surface area (Å²) in [6.07, 6.45) is 56.3. The lowest BCUT2D eigenvalue weighted by Gasteiger charge is -2.21. The van der Waals surface area contributed by atoms with Crippen molar-refractivity contribution in [3.63, 3.8) is 0 Å². The Bertz CT molecular complexity index is 1840. The number of phosphoric acid groups is 2. The maximum absolute atomic E-state index is 13.1. The Hall–Kier alpha value is -1.94. The van der Waals surface area contributed by atoms with E-state index >= 15 is 0 Å². The first-order chi connectivity index (χ1) is 45.9.